The van der Waals surface area contributed by atoms with Gasteiger partial charge >= 0.3 is 12.1 Å². The Hall–Kier alpha value is -2.94. The number of carboxylic acid groups (broad SMARTS) is 1. The minimum atomic E-state index is -1.13. The third-order valence-corrected chi connectivity index (χ3v) is 3.96. The first-order valence-electron chi connectivity index (χ1n) is 7.81. The first kappa shape index (κ1) is 16.9. The van der Waals surface area contributed by atoms with Gasteiger partial charge < -0.3 is 19.9 Å². The zero-order valence-corrected chi connectivity index (χ0v) is 13.4. The van der Waals surface area contributed by atoms with Crippen molar-refractivity contribution in [2.24, 2.45) is 5.92 Å². The molecule has 1 amide bonds. The van der Waals surface area contributed by atoms with Gasteiger partial charge in [-0.3, -0.25) is 0 Å². The molecule has 1 aliphatic rings. The van der Waals surface area contributed by atoms with Gasteiger partial charge in [-0.1, -0.05) is 35.5 Å². The second-order valence-electron chi connectivity index (χ2n) is 5.70. The van der Waals surface area contributed by atoms with Crippen molar-refractivity contribution >= 4 is 12.1 Å². The molecule has 1 aromatic carbocycles. The Morgan fingerprint density at radius 3 is 2.84 bits per heavy atom. The van der Waals surface area contributed by atoms with Crippen LogP contribution >= 0.6 is 0 Å². The van der Waals surface area contributed by atoms with Crippen LogP contribution in [0.15, 0.2) is 36.5 Å². The molecule has 0 unspecified atom stereocenters. The van der Waals surface area contributed by atoms with Crippen LogP contribution in [0.25, 0.3) is 0 Å². The highest BCUT2D eigenvalue weighted by atomic mass is 16.5. The van der Waals surface area contributed by atoms with E-state index in [1.54, 1.807) is 0 Å². The van der Waals surface area contributed by atoms with E-state index in [2.05, 4.69) is 15.6 Å². The van der Waals surface area contributed by atoms with E-state index in [4.69, 9.17) is 14.6 Å². The van der Waals surface area contributed by atoms with Crippen LogP contribution in [-0.2, 0) is 16.1 Å². The third-order valence-electron chi connectivity index (χ3n) is 3.96. The van der Waals surface area contributed by atoms with E-state index < -0.39 is 12.1 Å². The molecule has 0 bridgehead atoms. The lowest BCUT2D eigenvalue weighted by atomic mass is 10.0. The number of carboxylic acids is 1. The normalized spacial score (nSPS) is 19.5. The number of aromatic carboxylic acids is 1. The van der Waals surface area contributed by atoms with E-state index in [0.29, 0.717) is 19.8 Å². The lowest BCUT2D eigenvalue weighted by molar-refractivity contribution is 0.0690. The molecule has 1 saturated heterocycles. The van der Waals surface area contributed by atoms with Crippen molar-refractivity contribution in [3.63, 3.8) is 0 Å². The maximum atomic E-state index is 11.8. The van der Waals surface area contributed by atoms with Gasteiger partial charge in [0.2, 0.25) is 0 Å². The minimum absolute atomic E-state index is 0.0485. The predicted octanol–water partition coefficient (Wildman–Crippen LogP) is 1.09. The first-order chi connectivity index (χ1) is 12.1. The van der Waals surface area contributed by atoms with E-state index in [0.717, 1.165) is 5.56 Å². The molecule has 3 rings (SSSR count). The molecule has 9 heteroatoms. The number of carbonyl (C=O) groups is 2. The molecule has 0 spiro atoms. The highest BCUT2D eigenvalue weighted by Gasteiger charge is 2.31. The Balaban J connectivity index is 1.49. The average Bonchev–Trinajstić information content (AvgIpc) is 3.27. The maximum absolute atomic E-state index is 11.8. The molecule has 2 heterocycles. The van der Waals surface area contributed by atoms with Crippen LogP contribution in [0.3, 0.4) is 0 Å². The maximum Gasteiger partial charge on any atom is 0.407 e. The van der Waals surface area contributed by atoms with Gasteiger partial charge in [-0.25, -0.2) is 14.3 Å². The Morgan fingerprint density at radius 1 is 1.32 bits per heavy atom. The fourth-order valence-electron chi connectivity index (χ4n) is 2.60. The number of hydrogen-bond acceptors (Lipinski definition) is 6. The minimum Gasteiger partial charge on any atom is -0.476 e. The largest absolute Gasteiger partial charge is 0.476 e. The Bertz CT molecular complexity index is 733. The van der Waals surface area contributed by atoms with Gasteiger partial charge in [0, 0.05) is 12.5 Å². The van der Waals surface area contributed by atoms with E-state index in [1.807, 2.05) is 30.3 Å². The first-order valence-corrected chi connectivity index (χ1v) is 7.81. The summed E-state index contributed by atoms with van der Waals surface area (Å²) in [5.74, 6) is -1.18. The molecule has 2 N–H and O–H groups in total. The Kier molecular flexibility index (Phi) is 5.24. The van der Waals surface area contributed by atoms with Gasteiger partial charge in [0.05, 0.1) is 25.5 Å². The molecular weight excluding hydrogens is 328 g/mol. The third kappa shape index (κ3) is 4.32. The van der Waals surface area contributed by atoms with Crippen LogP contribution in [0.2, 0.25) is 0 Å². The van der Waals surface area contributed by atoms with Crippen molar-refractivity contribution in [2.45, 2.75) is 12.6 Å². The summed E-state index contributed by atoms with van der Waals surface area (Å²) in [6.45, 7) is 1.35. The second kappa shape index (κ2) is 7.75. The smallest absolute Gasteiger partial charge is 0.407 e. The fraction of sp³-hybridized carbons (Fsp3) is 0.375. The number of carbonyl (C=O) groups excluding carboxylic acids is 1. The molecule has 25 heavy (non-hydrogen) atoms. The molecule has 2 atom stereocenters. The van der Waals surface area contributed by atoms with E-state index in [1.165, 1.54) is 10.9 Å². The lowest BCUT2D eigenvalue weighted by Gasteiger charge is -2.17. The predicted molar refractivity (Wildman–Crippen MR) is 85.0 cm³/mol. The molecule has 0 saturated carbocycles. The zero-order chi connectivity index (χ0) is 17.6. The fourth-order valence-corrected chi connectivity index (χ4v) is 2.60. The molecule has 1 aliphatic heterocycles. The van der Waals surface area contributed by atoms with Gasteiger partial charge in [-0.05, 0) is 5.56 Å². The summed E-state index contributed by atoms with van der Waals surface area (Å²) in [6, 6.07) is 9.21. The van der Waals surface area contributed by atoms with Crippen molar-refractivity contribution in [2.75, 3.05) is 19.8 Å². The number of aromatic nitrogens is 3. The van der Waals surface area contributed by atoms with E-state index in [9.17, 15) is 9.59 Å². The molecule has 1 fully saturated rings. The van der Waals surface area contributed by atoms with Gasteiger partial charge in [0.1, 0.15) is 6.61 Å². The number of hydrogen-bond donors (Lipinski definition) is 2. The highest BCUT2D eigenvalue weighted by molar-refractivity contribution is 5.84. The van der Waals surface area contributed by atoms with Crippen molar-refractivity contribution in [3.8, 4) is 0 Å². The number of nitrogens with one attached hydrogen (secondary N) is 1. The molecule has 0 aliphatic carbocycles. The highest BCUT2D eigenvalue weighted by Crippen LogP contribution is 2.24. The standard InChI is InChI=1S/C16H18N4O5/c21-15(22)13-7-20(19-18-13)14-10-24-9-12(14)6-17-16(23)25-8-11-4-2-1-3-5-11/h1-5,7,12,14H,6,8-10H2,(H,17,23)(H,21,22)/t12-,14-/m1/s1. The summed E-state index contributed by atoms with van der Waals surface area (Å²) in [6.07, 6.45) is 0.849. The van der Waals surface area contributed by atoms with Crippen LogP contribution in [0, 0.1) is 5.92 Å². The Labute approximate surface area is 143 Å². The molecule has 1 aromatic heterocycles. The quantitative estimate of drug-likeness (QED) is 0.804. The SMILES string of the molecule is O=C(NC[C@@H]1COC[C@H]1n1cc(C(=O)O)nn1)OCc1ccccc1. The summed E-state index contributed by atoms with van der Waals surface area (Å²) in [5.41, 5.74) is 0.782. The van der Waals surface area contributed by atoms with Crippen molar-refractivity contribution < 1.29 is 24.2 Å². The average molecular weight is 346 g/mol. The van der Waals surface area contributed by atoms with E-state index >= 15 is 0 Å². The summed E-state index contributed by atoms with van der Waals surface area (Å²) in [7, 11) is 0. The molecule has 132 valence electrons. The van der Waals surface area contributed by atoms with Crippen molar-refractivity contribution in [3.05, 3.63) is 47.8 Å². The second-order valence-corrected chi connectivity index (χ2v) is 5.70. The molecule has 9 nitrogen and oxygen atoms in total. The van der Waals surface area contributed by atoms with Crippen LogP contribution in [0.4, 0.5) is 4.79 Å². The van der Waals surface area contributed by atoms with Gasteiger partial charge in [-0.2, -0.15) is 0 Å². The number of ether oxygens (including phenoxy) is 2. The summed E-state index contributed by atoms with van der Waals surface area (Å²) in [5, 5.41) is 19.1. The van der Waals surface area contributed by atoms with Crippen molar-refractivity contribution in [1.29, 1.82) is 0 Å². The molecular formula is C16H18N4O5. The van der Waals surface area contributed by atoms with Crippen LogP contribution < -0.4 is 5.32 Å². The molecule has 2 aromatic rings. The number of amides is 1. The summed E-state index contributed by atoms with van der Waals surface area (Å²) < 4.78 is 12.1. The van der Waals surface area contributed by atoms with Crippen LogP contribution in [0.5, 0.6) is 0 Å². The summed E-state index contributed by atoms with van der Waals surface area (Å²) in [4.78, 5) is 22.7. The number of nitrogens with zero attached hydrogens (tertiary/aromatic N) is 3. The molecule has 0 radical (unpaired) electrons. The number of rotatable bonds is 6. The van der Waals surface area contributed by atoms with Gasteiger partial charge in [-0.15, -0.1) is 5.10 Å². The summed E-state index contributed by atoms with van der Waals surface area (Å²) >= 11 is 0. The lowest BCUT2D eigenvalue weighted by Crippen LogP contribution is -2.33. The Morgan fingerprint density at radius 2 is 2.12 bits per heavy atom. The van der Waals surface area contributed by atoms with Crippen LogP contribution in [-0.4, -0.2) is 51.9 Å². The van der Waals surface area contributed by atoms with Crippen molar-refractivity contribution in [1.82, 2.24) is 20.3 Å². The van der Waals surface area contributed by atoms with Gasteiger partial charge in [0.25, 0.3) is 0 Å². The van der Waals surface area contributed by atoms with Crippen LogP contribution in [0.1, 0.15) is 22.1 Å². The topological polar surface area (TPSA) is 116 Å². The zero-order valence-electron chi connectivity index (χ0n) is 13.4. The van der Waals surface area contributed by atoms with E-state index in [-0.39, 0.29) is 24.3 Å². The van der Waals surface area contributed by atoms with Gasteiger partial charge in [0.15, 0.2) is 5.69 Å². The number of benzene rings is 1. The number of alkyl carbamates (subject to hydrolysis) is 1. The monoisotopic (exact) mass is 346 g/mol.